The smallest absolute Gasteiger partial charge is 0.191 e. The van der Waals surface area contributed by atoms with E-state index < -0.39 is 0 Å². The van der Waals surface area contributed by atoms with Gasteiger partial charge in [-0.3, -0.25) is 9.89 Å². The van der Waals surface area contributed by atoms with Gasteiger partial charge in [-0.2, -0.15) is 0 Å². The molecule has 1 atom stereocenters. The van der Waals surface area contributed by atoms with Crippen LogP contribution in [0.15, 0.2) is 53.5 Å². The third kappa shape index (κ3) is 7.28. The molecule has 2 N–H and O–H groups in total. The second-order valence-corrected chi connectivity index (χ2v) is 7.48. The fourth-order valence-electron chi connectivity index (χ4n) is 3.96. The van der Waals surface area contributed by atoms with Crippen LogP contribution in [0.4, 0.5) is 0 Å². The second kappa shape index (κ2) is 13.4. The molecule has 0 radical (unpaired) electrons. The topological polar surface area (TPSA) is 58.1 Å². The summed E-state index contributed by atoms with van der Waals surface area (Å²) in [7, 11) is 5.25. The van der Waals surface area contributed by atoms with Crippen molar-refractivity contribution in [3.05, 3.63) is 59.7 Å². The van der Waals surface area contributed by atoms with Gasteiger partial charge >= 0.3 is 0 Å². The van der Waals surface area contributed by atoms with Gasteiger partial charge in [0.05, 0.1) is 20.3 Å². The Kier molecular flexibility index (Phi) is 10.9. The molecular weight excluding hydrogens is 503 g/mol. The summed E-state index contributed by atoms with van der Waals surface area (Å²) in [4.78, 5) is 6.94. The van der Waals surface area contributed by atoms with Gasteiger partial charge in [-0.1, -0.05) is 30.3 Å². The molecule has 0 aromatic heterocycles. The largest absolute Gasteiger partial charge is 0.497 e. The van der Waals surface area contributed by atoms with Gasteiger partial charge in [-0.25, -0.2) is 0 Å². The number of nitrogens with zero attached hydrogens (tertiary/aromatic N) is 2. The van der Waals surface area contributed by atoms with Gasteiger partial charge in [0.2, 0.25) is 0 Å². The molecule has 2 aromatic rings. The fraction of sp³-hybridized carbons (Fsp3) is 0.458. The Morgan fingerprint density at radius 1 is 1.00 bits per heavy atom. The number of halogens is 1. The molecule has 31 heavy (non-hydrogen) atoms. The number of aliphatic imine (C=N–C) groups is 1. The third-order valence-electron chi connectivity index (χ3n) is 5.63. The Bertz CT molecular complexity index is 807. The van der Waals surface area contributed by atoms with E-state index in [0.717, 1.165) is 50.1 Å². The molecule has 0 amide bonds. The number of hydrogen-bond donors (Lipinski definition) is 2. The maximum atomic E-state index is 5.64. The minimum Gasteiger partial charge on any atom is -0.497 e. The van der Waals surface area contributed by atoms with Crippen LogP contribution < -0.4 is 20.1 Å². The average molecular weight is 538 g/mol. The first-order valence-electron chi connectivity index (χ1n) is 10.7. The highest BCUT2D eigenvalue weighted by molar-refractivity contribution is 14.0. The van der Waals surface area contributed by atoms with E-state index >= 15 is 0 Å². The zero-order valence-electron chi connectivity index (χ0n) is 18.8. The molecule has 0 saturated carbocycles. The average Bonchev–Trinajstić information content (AvgIpc) is 3.33. The van der Waals surface area contributed by atoms with Crippen molar-refractivity contribution in [2.45, 2.75) is 25.3 Å². The Hall–Kier alpha value is -2.00. The van der Waals surface area contributed by atoms with Gasteiger partial charge in [0, 0.05) is 25.7 Å². The second-order valence-electron chi connectivity index (χ2n) is 7.48. The molecule has 1 saturated heterocycles. The summed E-state index contributed by atoms with van der Waals surface area (Å²) in [6, 6.07) is 16.8. The van der Waals surface area contributed by atoms with Crippen molar-refractivity contribution >= 4 is 29.9 Å². The van der Waals surface area contributed by atoms with Crippen molar-refractivity contribution in [1.29, 1.82) is 0 Å². The highest BCUT2D eigenvalue weighted by atomic mass is 127. The van der Waals surface area contributed by atoms with Gasteiger partial charge in [0.1, 0.15) is 11.5 Å². The molecule has 1 aliphatic rings. The van der Waals surface area contributed by atoms with Crippen LogP contribution in [0.2, 0.25) is 0 Å². The van der Waals surface area contributed by atoms with Gasteiger partial charge < -0.3 is 20.1 Å². The highest BCUT2D eigenvalue weighted by Crippen LogP contribution is 2.31. The minimum atomic E-state index is 0. The molecule has 1 aliphatic heterocycles. The first-order valence-corrected chi connectivity index (χ1v) is 10.7. The highest BCUT2D eigenvalue weighted by Gasteiger charge is 2.25. The van der Waals surface area contributed by atoms with E-state index in [-0.39, 0.29) is 30.0 Å². The van der Waals surface area contributed by atoms with Crippen LogP contribution in [0.5, 0.6) is 11.5 Å². The summed E-state index contributed by atoms with van der Waals surface area (Å²) in [6.45, 7) is 3.83. The maximum absolute atomic E-state index is 5.64. The summed E-state index contributed by atoms with van der Waals surface area (Å²) in [5.41, 5.74) is 2.49. The van der Waals surface area contributed by atoms with E-state index in [0.29, 0.717) is 0 Å². The van der Waals surface area contributed by atoms with Crippen LogP contribution in [0.25, 0.3) is 0 Å². The summed E-state index contributed by atoms with van der Waals surface area (Å²) in [6.07, 6.45) is 3.42. The Morgan fingerprint density at radius 3 is 2.35 bits per heavy atom. The molecular formula is C24H35IN4O2. The number of hydrogen-bond acceptors (Lipinski definition) is 4. The molecule has 0 spiro atoms. The van der Waals surface area contributed by atoms with E-state index in [1.807, 2.05) is 31.3 Å². The molecule has 1 unspecified atom stereocenters. The minimum absolute atomic E-state index is 0. The Morgan fingerprint density at radius 2 is 1.71 bits per heavy atom. The molecule has 6 nitrogen and oxygen atoms in total. The van der Waals surface area contributed by atoms with Gasteiger partial charge in [-0.15, -0.1) is 24.0 Å². The number of methoxy groups -OCH3 is 2. The third-order valence-corrected chi connectivity index (χ3v) is 5.63. The summed E-state index contributed by atoms with van der Waals surface area (Å²) in [5, 5.41) is 6.95. The van der Waals surface area contributed by atoms with Crippen LogP contribution >= 0.6 is 24.0 Å². The number of para-hydroxylation sites is 1. The lowest BCUT2D eigenvalue weighted by Gasteiger charge is -2.30. The summed E-state index contributed by atoms with van der Waals surface area (Å²) >= 11 is 0. The first-order chi connectivity index (χ1) is 14.7. The number of nitrogens with one attached hydrogen (secondary N) is 2. The van der Waals surface area contributed by atoms with Crippen molar-refractivity contribution in [3.63, 3.8) is 0 Å². The SMILES string of the molecule is CN=C(NCCc1ccc(OC)cc1)NCC(c1ccccc1OC)N1CCCC1.I. The van der Waals surface area contributed by atoms with Crippen molar-refractivity contribution in [2.75, 3.05) is 47.4 Å². The molecule has 7 heteroatoms. The quantitative estimate of drug-likeness (QED) is 0.289. The fourth-order valence-corrected chi connectivity index (χ4v) is 3.96. The molecule has 170 valence electrons. The number of ether oxygens (including phenoxy) is 2. The normalized spacial score (nSPS) is 15.1. The van der Waals surface area contributed by atoms with E-state index in [2.05, 4.69) is 44.8 Å². The monoisotopic (exact) mass is 538 g/mol. The van der Waals surface area contributed by atoms with E-state index in [1.165, 1.54) is 24.0 Å². The zero-order chi connectivity index (χ0) is 21.2. The predicted molar refractivity (Wildman–Crippen MR) is 138 cm³/mol. The lowest BCUT2D eigenvalue weighted by atomic mass is 10.0. The first kappa shape index (κ1) is 25.3. The number of guanidine groups is 1. The zero-order valence-corrected chi connectivity index (χ0v) is 21.1. The molecule has 3 rings (SSSR count). The maximum Gasteiger partial charge on any atom is 0.191 e. The summed E-state index contributed by atoms with van der Waals surface area (Å²) < 4.78 is 10.9. The standard InChI is InChI=1S/C24H34N4O2.HI/c1-25-24(26-15-14-19-10-12-20(29-2)13-11-19)27-18-22(28-16-6-7-17-28)21-8-4-5-9-23(21)30-3;/h4-5,8-13,22H,6-7,14-18H2,1-3H3,(H2,25,26,27);1H. The van der Waals surface area contributed by atoms with Gasteiger partial charge in [0.25, 0.3) is 0 Å². The van der Waals surface area contributed by atoms with Crippen LogP contribution in [0.1, 0.15) is 30.0 Å². The number of benzene rings is 2. The van der Waals surface area contributed by atoms with Crippen LogP contribution in [-0.2, 0) is 6.42 Å². The molecule has 0 bridgehead atoms. The Labute approximate surface area is 203 Å². The lowest BCUT2D eigenvalue weighted by Crippen LogP contribution is -2.43. The molecule has 0 aliphatic carbocycles. The molecule has 1 heterocycles. The van der Waals surface area contributed by atoms with Crippen LogP contribution in [0, 0.1) is 0 Å². The molecule has 1 fully saturated rings. The van der Waals surface area contributed by atoms with Crippen molar-refractivity contribution in [1.82, 2.24) is 15.5 Å². The van der Waals surface area contributed by atoms with Crippen molar-refractivity contribution in [3.8, 4) is 11.5 Å². The summed E-state index contributed by atoms with van der Waals surface area (Å²) in [5.74, 6) is 2.65. The number of likely N-dealkylation sites (tertiary alicyclic amines) is 1. The molecule has 2 aromatic carbocycles. The predicted octanol–water partition coefficient (Wildman–Crippen LogP) is 3.87. The van der Waals surface area contributed by atoms with E-state index in [4.69, 9.17) is 9.47 Å². The van der Waals surface area contributed by atoms with Crippen molar-refractivity contribution < 1.29 is 9.47 Å². The van der Waals surface area contributed by atoms with Gasteiger partial charge in [-0.05, 0) is 56.1 Å². The van der Waals surface area contributed by atoms with Crippen molar-refractivity contribution in [2.24, 2.45) is 4.99 Å². The van der Waals surface area contributed by atoms with Gasteiger partial charge in [0.15, 0.2) is 5.96 Å². The lowest BCUT2D eigenvalue weighted by molar-refractivity contribution is 0.239. The Balaban J connectivity index is 0.00000341. The van der Waals surface area contributed by atoms with Crippen LogP contribution in [-0.4, -0.2) is 58.3 Å². The van der Waals surface area contributed by atoms with E-state index in [1.54, 1.807) is 14.2 Å². The number of rotatable bonds is 9. The van der Waals surface area contributed by atoms with Crippen LogP contribution in [0.3, 0.4) is 0 Å². The van der Waals surface area contributed by atoms with E-state index in [9.17, 15) is 0 Å².